The number of hydrogen-bond donors (Lipinski definition) is 2. The van der Waals surface area contributed by atoms with Gasteiger partial charge < -0.3 is 11.1 Å². The quantitative estimate of drug-likeness (QED) is 0.818. The van der Waals surface area contributed by atoms with E-state index < -0.39 is 0 Å². The maximum atomic E-state index is 5.92. The van der Waals surface area contributed by atoms with Crippen molar-refractivity contribution in [2.75, 3.05) is 13.1 Å². The lowest BCUT2D eigenvalue weighted by atomic mass is 10.1. The average molecular weight is 290 g/mol. The maximum Gasteiger partial charge on any atom is 0.0548 e. The molecule has 0 aromatic heterocycles. The van der Waals surface area contributed by atoms with Crippen LogP contribution in [0.3, 0.4) is 0 Å². The summed E-state index contributed by atoms with van der Waals surface area (Å²) in [6.07, 6.45) is 1.81. The second-order valence-corrected chi connectivity index (χ2v) is 4.42. The van der Waals surface area contributed by atoms with Crippen LogP contribution in [0.1, 0.15) is 11.6 Å². The Hall–Kier alpha value is -0.350. The van der Waals surface area contributed by atoms with Crippen LogP contribution >= 0.6 is 27.5 Å². The van der Waals surface area contributed by atoms with Crippen molar-refractivity contribution in [1.82, 2.24) is 5.32 Å². The first-order valence-electron chi connectivity index (χ1n) is 4.68. The third-order valence-corrected chi connectivity index (χ3v) is 3.30. The lowest BCUT2D eigenvalue weighted by Crippen LogP contribution is -2.28. The predicted octanol–water partition coefficient (Wildman–Crippen LogP) is 2.88. The molecule has 0 aliphatic carbocycles. The first-order valence-corrected chi connectivity index (χ1v) is 5.85. The number of halogens is 2. The van der Waals surface area contributed by atoms with Crippen LogP contribution < -0.4 is 11.1 Å². The van der Waals surface area contributed by atoms with E-state index >= 15 is 0 Å². The molecule has 1 aromatic rings. The standard InChI is InChI=1S/C11H14BrClN2/c1-2-5-15-11(7-14)8-3-4-10(13)9(12)6-8/h2-4,6,11,15H,1,5,7,14H2. The highest BCUT2D eigenvalue weighted by Crippen LogP contribution is 2.25. The second-order valence-electron chi connectivity index (χ2n) is 3.16. The van der Waals surface area contributed by atoms with Crippen molar-refractivity contribution in [2.45, 2.75) is 6.04 Å². The molecule has 0 bridgehead atoms. The van der Waals surface area contributed by atoms with Gasteiger partial charge in [-0.1, -0.05) is 23.7 Å². The van der Waals surface area contributed by atoms with Gasteiger partial charge in [0.25, 0.3) is 0 Å². The molecule has 0 aliphatic rings. The predicted molar refractivity (Wildman–Crippen MR) is 69.1 cm³/mol. The van der Waals surface area contributed by atoms with Crippen molar-refractivity contribution >= 4 is 27.5 Å². The molecule has 0 aliphatic heterocycles. The van der Waals surface area contributed by atoms with Crippen molar-refractivity contribution in [2.24, 2.45) is 5.73 Å². The summed E-state index contributed by atoms with van der Waals surface area (Å²) in [5, 5.41) is 3.98. The minimum absolute atomic E-state index is 0.136. The molecule has 15 heavy (non-hydrogen) atoms. The van der Waals surface area contributed by atoms with Gasteiger partial charge in [0, 0.05) is 23.6 Å². The van der Waals surface area contributed by atoms with Crippen LogP contribution in [0, 0.1) is 0 Å². The van der Waals surface area contributed by atoms with Crippen molar-refractivity contribution in [3.63, 3.8) is 0 Å². The largest absolute Gasteiger partial charge is 0.329 e. The van der Waals surface area contributed by atoms with E-state index in [1.165, 1.54) is 0 Å². The molecule has 0 heterocycles. The topological polar surface area (TPSA) is 38.0 Å². The van der Waals surface area contributed by atoms with Crippen LogP contribution in [-0.4, -0.2) is 13.1 Å². The highest BCUT2D eigenvalue weighted by Gasteiger charge is 2.09. The van der Waals surface area contributed by atoms with Gasteiger partial charge in [0.15, 0.2) is 0 Å². The van der Waals surface area contributed by atoms with Crippen molar-refractivity contribution in [1.29, 1.82) is 0 Å². The Balaban J connectivity index is 2.82. The second kappa shape index (κ2) is 6.28. The molecule has 82 valence electrons. The van der Waals surface area contributed by atoms with Gasteiger partial charge in [-0.2, -0.15) is 0 Å². The molecule has 0 fully saturated rings. The van der Waals surface area contributed by atoms with E-state index in [4.69, 9.17) is 17.3 Å². The number of nitrogens with one attached hydrogen (secondary N) is 1. The van der Waals surface area contributed by atoms with Crippen LogP contribution in [0.25, 0.3) is 0 Å². The monoisotopic (exact) mass is 288 g/mol. The number of nitrogens with two attached hydrogens (primary N) is 1. The first kappa shape index (κ1) is 12.7. The van der Waals surface area contributed by atoms with Gasteiger partial charge in [-0.25, -0.2) is 0 Å². The van der Waals surface area contributed by atoms with Gasteiger partial charge in [0.05, 0.1) is 5.02 Å². The summed E-state index contributed by atoms with van der Waals surface area (Å²) in [6, 6.07) is 5.95. The smallest absolute Gasteiger partial charge is 0.0548 e. The van der Waals surface area contributed by atoms with E-state index in [0.717, 1.165) is 16.6 Å². The Morgan fingerprint density at radius 3 is 2.87 bits per heavy atom. The zero-order chi connectivity index (χ0) is 11.3. The van der Waals surface area contributed by atoms with Gasteiger partial charge in [-0.3, -0.25) is 0 Å². The maximum absolute atomic E-state index is 5.92. The van der Waals surface area contributed by atoms with Crippen LogP contribution in [0.5, 0.6) is 0 Å². The van der Waals surface area contributed by atoms with E-state index in [0.29, 0.717) is 11.6 Å². The minimum atomic E-state index is 0.136. The molecule has 1 aromatic carbocycles. The third kappa shape index (κ3) is 3.61. The fraction of sp³-hybridized carbons (Fsp3) is 0.273. The fourth-order valence-electron chi connectivity index (χ4n) is 1.29. The SMILES string of the molecule is C=CCNC(CN)c1ccc(Cl)c(Br)c1. The summed E-state index contributed by atoms with van der Waals surface area (Å²) in [5.74, 6) is 0. The lowest BCUT2D eigenvalue weighted by molar-refractivity contribution is 0.577. The Morgan fingerprint density at radius 2 is 2.33 bits per heavy atom. The summed E-state index contributed by atoms with van der Waals surface area (Å²) < 4.78 is 0.889. The average Bonchev–Trinajstić information content (AvgIpc) is 2.24. The van der Waals surface area contributed by atoms with E-state index in [9.17, 15) is 0 Å². The van der Waals surface area contributed by atoms with Gasteiger partial charge >= 0.3 is 0 Å². The molecule has 4 heteroatoms. The number of rotatable bonds is 5. The van der Waals surface area contributed by atoms with Gasteiger partial charge in [0.2, 0.25) is 0 Å². The van der Waals surface area contributed by atoms with Gasteiger partial charge in [0.1, 0.15) is 0 Å². The van der Waals surface area contributed by atoms with Crippen LogP contribution in [0.15, 0.2) is 35.3 Å². The van der Waals surface area contributed by atoms with E-state index in [2.05, 4.69) is 27.8 Å². The zero-order valence-corrected chi connectivity index (χ0v) is 10.7. The molecule has 1 atom stereocenters. The van der Waals surface area contributed by atoms with Gasteiger partial charge in [-0.05, 0) is 33.6 Å². The minimum Gasteiger partial charge on any atom is -0.329 e. The summed E-state index contributed by atoms with van der Waals surface area (Å²) in [5.41, 5.74) is 6.81. The Kier molecular flexibility index (Phi) is 5.32. The normalized spacial score (nSPS) is 12.5. The Morgan fingerprint density at radius 1 is 1.60 bits per heavy atom. The third-order valence-electron chi connectivity index (χ3n) is 2.09. The highest BCUT2D eigenvalue weighted by molar-refractivity contribution is 9.10. The van der Waals surface area contributed by atoms with Crippen LogP contribution in [0.4, 0.5) is 0 Å². The molecule has 1 unspecified atom stereocenters. The first-order chi connectivity index (χ1) is 7.19. The molecule has 0 spiro atoms. The highest BCUT2D eigenvalue weighted by atomic mass is 79.9. The van der Waals surface area contributed by atoms with E-state index in [1.807, 2.05) is 24.3 Å². The molecule has 1 rings (SSSR count). The molecular weight excluding hydrogens is 275 g/mol. The summed E-state index contributed by atoms with van der Waals surface area (Å²) in [6.45, 7) is 4.94. The molecule has 0 saturated heterocycles. The van der Waals surface area contributed by atoms with E-state index in [1.54, 1.807) is 0 Å². The summed E-state index contributed by atoms with van der Waals surface area (Å²) >= 11 is 9.31. The van der Waals surface area contributed by atoms with Crippen LogP contribution in [0.2, 0.25) is 5.02 Å². The van der Waals surface area contributed by atoms with Gasteiger partial charge in [-0.15, -0.1) is 6.58 Å². The molecule has 2 nitrogen and oxygen atoms in total. The zero-order valence-electron chi connectivity index (χ0n) is 8.34. The van der Waals surface area contributed by atoms with Crippen molar-refractivity contribution in [3.8, 4) is 0 Å². The lowest BCUT2D eigenvalue weighted by Gasteiger charge is -2.16. The Bertz CT molecular complexity index is 341. The number of benzene rings is 1. The molecule has 0 radical (unpaired) electrons. The summed E-state index contributed by atoms with van der Waals surface area (Å²) in [4.78, 5) is 0. The van der Waals surface area contributed by atoms with E-state index in [-0.39, 0.29) is 6.04 Å². The summed E-state index contributed by atoms with van der Waals surface area (Å²) in [7, 11) is 0. The molecule has 0 amide bonds. The molecule has 0 saturated carbocycles. The van der Waals surface area contributed by atoms with Crippen molar-refractivity contribution in [3.05, 3.63) is 45.9 Å². The molecular formula is C11H14BrClN2. The van der Waals surface area contributed by atoms with Crippen molar-refractivity contribution < 1.29 is 0 Å². The van der Waals surface area contributed by atoms with Crippen LogP contribution in [-0.2, 0) is 0 Å². The Labute approximate surface area is 104 Å². The fourth-order valence-corrected chi connectivity index (χ4v) is 1.81. The molecule has 3 N–H and O–H groups in total. The number of hydrogen-bond acceptors (Lipinski definition) is 2.